The smallest absolute Gasteiger partial charge is 0.249 e. The molecule has 3 nitrogen and oxygen atoms in total. The van der Waals surface area contributed by atoms with Crippen molar-refractivity contribution in [3.63, 3.8) is 0 Å². The molecule has 0 unspecified atom stereocenters. The molecule has 0 bridgehead atoms. The van der Waals surface area contributed by atoms with Crippen LogP contribution in [0.2, 0.25) is 0 Å². The molecule has 0 saturated heterocycles. The number of rotatable bonds is 2. The number of amides is 1. The first-order valence-electron chi connectivity index (χ1n) is 6.05. The molecule has 0 aromatic heterocycles. The van der Waals surface area contributed by atoms with Crippen molar-refractivity contribution in [3.8, 4) is 11.1 Å². The molecule has 2 aromatic carbocycles. The zero-order chi connectivity index (χ0) is 14.9. The molecule has 0 spiro atoms. The van der Waals surface area contributed by atoms with E-state index in [4.69, 9.17) is 11.5 Å². The van der Waals surface area contributed by atoms with Gasteiger partial charge in [-0.25, -0.2) is 4.39 Å². The van der Waals surface area contributed by atoms with Crippen LogP contribution in [0, 0.1) is 5.82 Å². The molecular formula is C16H15FN2O. The highest BCUT2D eigenvalue weighted by molar-refractivity contribution is 5.94. The minimum absolute atomic E-state index is 0.284. The summed E-state index contributed by atoms with van der Waals surface area (Å²) in [4.78, 5) is 11.5. The number of halogens is 1. The van der Waals surface area contributed by atoms with Gasteiger partial charge in [-0.05, 0) is 47.5 Å². The third-order valence-electron chi connectivity index (χ3n) is 3.10. The van der Waals surface area contributed by atoms with Crippen LogP contribution in [0.3, 0.4) is 0 Å². The number of hydrogen-bond donors (Lipinski definition) is 2. The Morgan fingerprint density at radius 3 is 2.40 bits per heavy atom. The van der Waals surface area contributed by atoms with Gasteiger partial charge in [0.05, 0.1) is 0 Å². The van der Waals surface area contributed by atoms with E-state index < -0.39 is 5.91 Å². The number of hydrogen-bond acceptors (Lipinski definition) is 2. The second-order valence-electron chi connectivity index (χ2n) is 4.61. The van der Waals surface area contributed by atoms with Crippen molar-refractivity contribution in [2.75, 3.05) is 0 Å². The van der Waals surface area contributed by atoms with Crippen LogP contribution in [-0.4, -0.2) is 5.91 Å². The first kappa shape index (κ1) is 13.8. The van der Waals surface area contributed by atoms with Crippen molar-refractivity contribution < 1.29 is 9.18 Å². The molecule has 0 aliphatic carbocycles. The third kappa shape index (κ3) is 2.54. The maximum Gasteiger partial charge on any atom is 0.249 e. The summed E-state index contributed by atoms with van der Waals surface area (Å²) in [7, 11) is 0. The Kier molecular flexibility index (Phi) is 3.57. The molecule has 2 aromatic rings. The Morgan fingerprint density at radius 1 is 1.15 bits per heavy atom. The van der Waals surface area contributed by atoms with E-state index in [0.717, 1.165) is 0 Å². The first-order chi connectivity index (χ1) is 9.40. The standard InChI is InChI=1S/C16H15FN2O/c1-9-14(10(2)18)7-12(8-15(9)16(19)20)11-4-3-5-13(17)6-11/h3-8H,1,18H2,2H3,(H2,19,20)/b14-10+. The lowest BCUT2D eigenvalue weighted by molar-refractivity contribution is 0.0999. The summed E-state index contributed by atoms with van der Waals surface area (Å²) in [6, 6.07) is 9.48. The number of carbonyl (C=O) groups is 1. The van der Waals surface area contributed by atoms with Crippen molar-refractivity contribution >= 4 is 18.2 Å². The second-order valence-corrected chi connectivity index (χ2v) is 4.61. The molecule has 4 N–H and O–H groups in total. The van der Waals surface area contributed by atoms with Crippen molar-refractivity contribution in [2.24, 2.45) is 11.5 Å². The Morgan fingerprint density at radius 2 is 1.85 bits per heavy atom. The molecule has 4 heteroatoms. The van der Waals surface area contributed by atoms with E-state index in [1.165, 1.54) is 12.1 Å². The molecular weight excluding hydrogens is 255 g/mol. The summed E-state index contributed by atoms with van der Waals surface area (Å²) in [5, 5.41) is 1.12. The third-order valence-corrected chi connectivity index (χ3v) is 3.10. The molecule has 0 aliphatic rings. The van der Waals surface area contributed by atoms with Gasteiger partial charge in [0.2, 0.25) is 5.91 Å². The van der Waals surface area contributed by atoms with Crippen molar-refractivity contribution in [3.05, 3.63) is 58.2 Å². The largest absolute Gasteiger partial charge is 0.402 e. The molecule has 102 valence electrons. The van der Waals surface area contributed by atoms with Crippen molar-refractivity contribution in [1.82, 2.24) is 0 Å². The Hall–Kier alpha value is -2.62. The molecule has 0 radical (unpaired) electrons. The maximum absolute atomic E-state index is 13.3. The van der Waals surface area contributed by atoms with Crippen LogP contribution in [0.4, 0.5) is 4.39 Å². The van der Waals surface area contributed by atoms with Crippen LogP contribution >= 0.6 is 0 Å². The van der Waals surface area contributed by atoms with Crippen LogP contribution < -0.4 is 21.9 Å². The number of primary amides is 1. The quantitative estimate of drug-likeness (QED) is 0.857. The summed E-state index contributed by atoms with van der Waals surface area (Å²) < 4.78 is 13.3. The minimum Gasteiger partial charge on any atom is -0.402 e. The monoisotopic (exact) mass is 270 g/mol. The van der Waals surface area contributed by atoms with E-state index >= 15 is 0 Å². The molecule has 0 fully saturated rings. The molecule has 0 heterocycles. The van der Waals surface area contributed by atoms with Gasteiger partial charge in [0.25, 0.3) is 0 Å². The maximum atomic E-state index is 13.3. The molecule has 0 aliphatic heterocycles. The van der Waals surface area contributed by atoms with Gasteiger partial charge in [-0.2, -0.15) is 0 Å². The van der Waals surface area contributed by atoms with Crippen molar-refractivity contribution in [1.29, 1.82) is 0 Å². The molecule has 0 atom stereocenters. The highest BCUT2D eigenvalue weighted by Crippen LogP contribution is 2.18. The Bertz CT molecular complexity index is 793. The van der Waals surface area contributed by atoms with Gasteiger partial charge in [0.1, 0.15) is 5.82 Å². The lowest BCUT2D eigenvalue weighted by Crippen LogP contribution is -2.35. The fourth-order valence-corrected chi connectivity index (χ4v) is 2.08. The fourth-order valence-electron chi connectivity index (χ4n) is 2.08. The average molecular weight is 270 g/mol. The lowest BCUT2D eigenvalue weighted by atomic mass is 9.99. The molecule has 20 heavy (non-hydrogen) atoms. The first-order valence-corrected chi connectivity index (χ1v) is 6.05. The van der Waals surface area contributed by atoms with Gasteiger partial charge in [0, 0.05) is 16.5 Å². The normalized spacial score (nSPS) is 12.1. The van der Waals surface area contributed by atoms with Crippen LogP contribution in [0.1, 0.15) is 17.3 Å². The SMILES string of the molecule is C=c1c(C(N)=O)cc(-c2cccc(F)c2)c/c1=C(/C)N. The van der Waals surface area contributed by atoms with Gasteiger partial charge in [-0.15, -0.1) is 0 Å². The zero-order valence-corrected chi connectivity index (χ0v) is 11.1. The summed E-state index contributed by atoms with van der Waals surface area (Å²) in [5.41, 5.74) is 13.3. The fraction of sp³-hybridized carbons (Fsp3) is 0.0625. The van der Waals surface area contributed by atoms with Gasteiger partial charge in [-0.1, -0.05) is 18.7 Å². The van der Waals surface area contributed by atoms with Crippen LogP contribution in [0.15, 0.2) is 36.4 Å². The molecule has 0 saturated carbocycles. The van der Waals surface area contributed by atoms with Gasteiger partial charge in [0.15, 0.2) is 0 Å². The number of nitrogens with two attached hydrogens (primary N) is 2. The van der Waals surface area contributed by atoms with E-state index in [1.54, 1.807) is 31.2 Å². The molecule has 1 amide bonds. The minimum atomic E-state index is -0.587. The van der Waals surface area contributed by atoms with E-state index in [-0.39, 0.29) is 11.4 Å². The predicted molar refractivity (Wildman–Crippen MR) is 78.4 cm³/mol. The second kappa shape index (κ2) is 5.17. The summed E-state index contributed by atoms with van der Waals surface area (Å²) >= 11 is 0. The van der Waals surface area contributed by atoms with Crippen LogP contribution in [0.25, 0.3) is 23.4 Å². The van der Waals surface area contributed by atoms with Crippen LogP contribution in [-0.2, 0) is 0 Å². The van der Waals surface area contributed by atoms with Gasteiger partial charge < -0.3 is 11.5 Å². The predicted octanol–water partition coefficient (Wildman–Crippen LogP) is 1.09. The summed E-state index contributed by atoms with van der Waals surface area (Å²) in [5.74, 6) is -0.937. The van der Waals surface area contributed by atoms with Gasteiger partial charge >= 0.3 is 0 Å². The Balaban J connectivity index is 2.83. The lowest BCUT2D eigenvalue weighted by Gasteiger charge is -2.07. The zero-order valence-electron chi connectivity index (χ0n) is 11.1. The summed E-state index contributed by atoms with van der Waals surface area (Å²) in [6.07, 6.45) is 0. The molecule has 2 rings (SSSR count). The van der Waals surface area contributed by atoms with E-state index in [2.05, 4.69) is 6.58 Å². The highest BCUT2D eigenvalue weighted by Gasteiger charge is 2.08. The Labute approximate surface area is 116 Å². The number of carbonyl (C=O) groups excluding carboxylic acids is 1. The highest BCUT2D eigenvalue weighted by atomic mass is 19.1. The number of benzene rings is 2. The topological polar surface area (TPSA) is 69.1 Å². The average Bonchev–Trinajstić information content (AvgIpc) is 2.38. The van der Waals surface area contributed by atoms with E-state index in [0.29, 0.717) is 27.3 Å². The van der Waals surface area contributed by atoms with E-state index in [9.17, 15) is 9.18 Å². The van der Waals surface area contributed by atoms with E-state index in [1.807, 2.05) is 0 Å². The van der Waals surface area contributed by atoms with Crippen molar-refractivity contribution in [2.45, 2.75) is 6.92 Å². The van der Waals surface area contributed by atoms with Crippen LogP contribution in [0.5, 0.6) is 0 Å². The summed E-state index contributed by atoms with van der Waals surface area (Å²) in [6.45, 7) is 5.55. The van der Waals surface area contributed by atoms with Gasteiger partial charge in [-0.3, -0.25) is 4.79 Å².